The standard InChI is InChI=1S/C26H27N3O5S/c1-3-18-7-4-5-10-24(18)29-17-19(15-25(29)30)26(31)27-21-8-6-9-23(16-21)35(32,33)28-20-11-13-22(34-2)14-12-20/h4-14,16,19,28H,3,15,17H2,1-2H3,(H,27,31)/t19-/m0/s1. The van der Waals surface area contributed by atoms with E-state index in [9.17, 15) is 18.0 Å². The number of carbonyl (C=O) groups excluding carboxylic acids is 2. The maximum atomic E-state index is 12.9. The molecule has 0 spiro atoms. The maximum Gasteiger partial charge on any atom is 0.261 e. The van der Waals surface area contributed by atoms with Gasteiger partial charge >= 0.3 is 0 Å². The molecule has 2 N–H and O–H groups in total. The van der Waals surface area contributed by atoms with E-state index in [-0.39, 0.29) is 29.7 Å². The molecule has 1 saturated heterocycles. The van der Waals surface area contributed by atoms with Gasteiger partial charge in [0.05, 0.1) is 17.9 Å². The van der Waals surface area contributed by atoms with Crippen LogP contribution in [0.4, 0.5) is 17.1 Å². The normalized spacial score (nSPS) is 15.7. The molecule has 0 radical (unpaired) electrons. The first-order valence-electron chi connectivity index (χ1n) is 11.3. The van der Waals surface area contributed by atoms with Gasteiger partial charge in [0.1, 0.15) is 5.75 Å². The number of sulfonamides is 1. The summed E-state index contributed by atoms with van der Waals surface area (Å²) in [7, 11) is -2.35. The van der Waals surface area contributed by atoms with E-state index >= 15 is 0 Å². The molecule has 3 aromatic carbocycles. The lowest BCUT2D eigenvalue weighted by Crippen LogP contribution is -2.28. The van der Waals surface area contributed by atoms with Crippen molar-refractivity contribution in [2.45, 2.75) is 24.7 Å². The number of rotatable bonds is 8. The number of methoxy groups -OCH3 is 1. The molecule has 0 saturated carbocycles. The van der Waals surface area contributed by atoms with Crippen molar-refractivity contribution in [2.75, 3.05) is 28.6 Å². The van der Waals surface area contributed by atoms with Gasteiger partial charge in [-0.25, -0.2) is 8.42 Å². The van der Waals surface area contributed by atoms with E-state index in [2.05, 4.69) is 10.0 Å². The fourth-order valence-corrected chi connectivity index (χ4v) is 5.15. The van der Waals surface area contributed by atoms with Crippen molar-refractivity contribution >= 4 is 38.9 Å². The zero-order valence-corrected chi connectivity index (χ0v) is 20.3. The molecule has 1 aliphatic rings. The van der Waals surface area contributed by atoms with E-state index in [1.165, 1.54) is 19.2 Å². The SMILES string of the molecule is CCc1ccccc1N1C[C@@H](C(=O)Nc2cccc(S(=O)(=O)Nc3ccc(OC)cc3)c2)CC1=O. The second-order valence-corrected chi connectivity index (χ2v) is 9.92. The second-order valence-electron chi connectivity index (χ2n) is 8.24. The molecule has 8 nitrogen and oxygen atoms in total. The van der Waals surface area contributed by atoms with Crippen LogP contribution in [0.3, 0.4) is 0 Å². The number of carbonyl (C=O) groups is 2. The number of anilines is 3. The van der Waals surface area contributed by atoms with Crippen LogP contribution in [0, 0.1) is 5.92 Å². The molecule has 0 aliphatic carbocycles. The lowest BCUT2D eigenvalue weighted by Gasteiger charge is -2.20. The number of ether oxygens (including phenoxy) is 1. The summed E-state index contributed by atoms with van der Waals surface area (Å²) in [5.41, 5.74) is 2.60. The van der Waals surface area contributed by atoms with E-state index < -0.39 is 15.9 Å². The molecule has 2 amide bonds. The van der Waals surface area contributed by atoms with Crippen LogP contribution >= 0.6 is 0 Å². The number of nitrogens with one attached hydrogen (secondary N) is 2. The first-order valence-corrected chi connectivity index (χ1v) is 12.7. The van der Waals surface area contributed by atoms with E-state index in [4.69, 9.17) is 4.74 Å². The monoisotopic (exact) mass is 493 g/mol. The third-order valence-corrected chi connectivity index (χ3v) is 7.29. The average Bonchev–Trinajstić information content (AvgIpc) is 3.26. The molecule has 0 unspecified atom stereocenters. The van der Waals surface area contributed by atoms with Crippen LogP contribution in [0.5, 0.6) is 5.75 Å². The summed E-state index contributed by atoms with van der Waals surface area (Å²) >= 11 is 0. The molecule has 1 atom stereocenters. The van der Waals surface area contributed by atoms with Crippen molar-refractivity contribution in [3.05, 3.63) is 78.4 Å². The highest BCUT2D eigenvalue weighted by Crippen LogP contribution is 2.29. The Labute approximate surface area is 205 Å². The van der Waals surface area contributed by atoms with Crippen LogP contribution in [0.1, 0.15) is 18.9 Å². The Kier molecular flexibility index (Phi) is 7.07. The van der Waals surface area contributed by atoms with Gasteiger partial charge in [-0.1, -0.05) is 31.2 Å². The third kappa shape index (κ3) is 5.46. The summed E-state index contributed by atoms with van der Waals surface area (Å²) in [6.45, 7) is 2.30. The molecule has 182 valence electrons. The summed E-state index contributed by atoms with van der Waals surface area (Å²) in [6.07, 6.45) is 0.879. The number of hydrogen-bond donors (Lipinski definition) is 2. The summed E-state index contributed by atoms with van der Waals surface area (Å²) in [5.74, 6) is -0.358. The number of benzene rings is 3. The second kappa shape index (κ2) is 10.2. The molecule has 0 aromatic heterocycles. The van der Waals surface area contributed by atoms with Gasteiger partial charge < -0.3 is 15.0 Å². The lowest BCUT2D eigenvalue weighted by atomic mass is 10.1. The van der Waals surface area contributed by atoms with Crippen LogP contribution in [0.2, 0.25) is 0 Å². The van der Waals surface area contributed by atoms with Crippen molar-refractivity contribution in [3.63, 3.8) is 0 Å². The smallest absolute Gasteiger partial charge is 0.261 e. The van der Waals surface area contributed by atoms with E-state index in [0.29, 0.717) is 17.1 Å². The Hall–Kier alpha value is -3.85. The van der Waals surface area contributed by atoms with Gasteiger partial charge in [-0.2, -0.15) is 0 Å². The van der Waals surface area contributed by atoms with Gasteiger partial charge in [0, 0.05) is 30.0 Å². The van der Waals surface area contributed by atoms with Crippen LogP contribution in [-0.4, -0.2) is 33.9 Å². The zero-order chi connectivity index (χ0) is 25.0. The zero-order valence-electron chi connectivity index (χ0n) is 19.5. The van der Waals surface area contributed by atoms with E-state index in [1.807, 2.05) is 31.2 Å². The number of amides is 2. The quantitative estimate of drug-likeness (QED) is 0.493. The molecule has 4 rings (SSSR count). The Bertz CT molecular complexity index is 1340. The molecule has 1 fully saturated rings. The average molecular weight is 494 g/mol. The molecule has 1 heterocycles. The van der Waals surface area contributed by atoms with Crippen LogP contribution in [0.25, 0.3) is 0 Å². The van der Waals surface area contributed by atoms with E-state index in [0.717, 1.165) is 17.7 Å². The van der Waals surface area contributed by atoms with Gasteiger partial charge in [-0.15, -0.1) is 0 Å². The molecule has 3 aromatic rings. The van der Waals surface area contributed by atoms with Crippen LogP contribution in [-0.2, 0) is 26.0 Å². The number of para-hydroxylation sites is 1. The van der Waals surface area contributed by atoms with Gasteiger partial charge in [-0.3, -0.25) is 14.3 Å². The summed E-state index contributed by atoms with van der Waals surface area (Å²) in [6, 6.07) is 20.2. The van der Waals surface area contributed by atoms with E-state index in [1.54, 1.807) is 41.3 Å². The molecular formula is C26H27N3O5S. The number of nitrogens with zero attached hydrogens (tertiary/aromatic N) is 1. The van der Waals surface area contributed by atoms with Gasteiger partial charge in [0.25, 0.3) is 10.0 Å². The van der Waals surface area contributed by atoms with Crippen LogP contribution in [0.15, 0.2) is 77.7 Å². The highest BCUT2D eigenvalue weighted by atomic mass is 32.2. The summed E-state index contributed by atoms with van der Waals surface area (Å²) < 4.78 is 33.3. The Balaban J connectivity index is 1.45. The Morgan fingerprint density at radius 3 is 2.49 bits per heavy atom. The molecule has 1 aliphatic heterocycles. The first kappa shape index (κ1) is 24.3. The van der Waals surface area contributed by atoms with Crippen molar-refractivity contribution in [3.8, 4) is 5.75 Å². The Morgan fingerprint density at radius 1 is 1.03 bits per heavy atom. The molecular weight excluding hydrogens is 466 g/mol. The topological polar surface area (TPSA) is 105 Å². The minimum absolute atomic E-state index is 0.00659. The Morgan fingerprint density at radius 2 is 1.77 bits per heavy atom. The maximum absolute atomic E-state index is 12.9. The molecule has 0 bridgehead atoms. The summed E-state index contributed by atoms with van der Waals surface area (Å²) in [5, 5.41) is 2.77. The first-order chi connectivity index (χ1) is 16.8. The van der Waals surface area contributed by atoms with Crippen LogP contribution < -0.4 is 19.7 Å². The minimum Gasteiger partial charge on any atom is -0.497 e. The molecule has 35 heavy (non-hydrogen) atoms. The van der Waals surface area contributed by atoms with Gasteiger partial charge in [0.2, 0.25) is 11.8 Å². The predicted molar refractivity (Wildman–Crippen MR) is 135 cm³/mol. The predicted octanol–water partition coefficient (Wildman–Crippen LogP) is 4.05. The van der Waals surface area contributed by atoms with Crippen molar-refractivity contribution < 1.29 is 22.7 Å². The molecule has 9 heteroatoms. The lowest BCUT2D eigenvalue weighted by molar-refractivity contribution is -0.122. The minimum atomic E-state index is -3.88. The highest BCUT2D eigenvalue weighted by molar-refractivity contribution is 7.92. The van der Waals surface area contributed by atoms with Gasteiger partial charge in [-0.05, 0) is 60.5 Å². The highest BCUT2D eigenvalue weighted by Gasteiger charge is 2.35. The largest absolute Gasteiger partial charge is 0.497 e. The fraction of sp³-hybridized carbons (Fsp3) is 0.231. The number of aryl methyl sites for hydroxylation is 1. The summed E-state index contributed by atoms with van der Waals surface area (Å²) in [4.78, 5) is 27.3. The van der Waals surface area contributed by atoms with Crippen molar-refractivity contribution in [2.24, 2.45) is 5.92 Å². The third-order valence-electron chi connectivity index (χ3n) is 5.91. The fourth-order valence-electron chi connectivity index (χ4n) is 4.05. The van der Waals surface area contributed by atoms with Gasteiger partial charge in [0.15, 0.2) is 0 Å². The number of hydrogen-bond acceptors (Lipinski definition) is 5. The van der Waals surface area contributed by atoms with Crippen molar-refractivity contribution in [1.82, 2.24) is 0 Å². The van der Waals surface area contributed by atoms with Crippen molar-refractivity contribution in [1.29, 1.82) is 0 Å².